The average Bonchev–Trinajstić information content (AvgIpc) is 2.70. The molecule has 2 atom stereocenters. The highest BCUT2D eigenvalue weighted by Gasteiger charge is 2.33. The predicted octanol–water partition coefficient (Wildman–Crippen LogP) is 2.08. The number of hydrogen-bond acceptors (Lipinski definition) is 2. The lowest BCUT2D eigenvalue weighted by Crippen LogP contribution is -2.37. The zero-order chi connectivity index (χ0) is 13.5. The van der Waals surface area contributed by atoms with E-state index in [9.17, 15) is 4.21 Å². The standard InChI is InChI=1S/C13H19N3OS/c1-9(13(2,3)18(14)17)10-6-5-7-12-11(10)8-15-16(12)4/h5-9H,14H2,1-4H3. The van der Waals surface area contributed by atoms with Gasteiger partial charge in [0.25, 0.3) is 0 Å². The first-order chi connectivity index (χ1) is 8.35. The van der Waals surface area contributed by atoms with Crippen molar-refractivity contribution in [3.63, 3.8) is 0 Å². The Bertz CT molecular complexity index is 603. The van der Waals surface area contributed by atoms with E-state index in [-0.39, 0.29) is 5.92 Å². The smallest absolute Gasteiger partial charge is 0.0951 e. The Hall–Kier alpha value is -1.20. The van der Waals surface area contributed by atoms with E-state index < -0.39 is 15.7 Å². The van der Waals surface area contributed by atoms with Crippen LogP contribution in [-0.2, 0) is 18.0 Å². The van der Waals surface area contributed by atoms with E-state index in [2.05, 4.69) is 18.1 Å². The molecular weight excluding hydrogens is 246 g/mol. The van der Waals surface area contributed by atoms with Crippen LogP contribution < -0.4 is 5.14 Å². The van der Waals surface area contributed by atoms with Crippen LogP contribution in [-0.4, -0.2) is 18.7 Å². The van der Waals surface area contributed by atoms with Crippen LogP contribution in [0.5, 0.6) is 0 Å². The Morgan fingerprint density at radius 3 is 2.72 bits per heavy atom. The molecule has 0 aliphatic heterocycles. The Kier molecular flexibility index (Phi) is 3.29. The number of aryl methyl sites for hydroxylation is 1. The van der Waals surface area contributed by atoms with Gasteiger partial charge in [-0.2, -0.15) is 5.10 Å². The summed E-state index contributed by atoms with van der Waals surface area (Å²) in [6.45, 7) is 5.93. The highest BCUT2D eigenvalue weighted by Crippen LogP contribution is 2.35. The van der Waals surface area contributed by atoms with Crippen LogP contribution in [0.3, 0.4) is 0 Å². The molecule has 2 rings (SSSR count). The second-order valence-corrected chi connectivity index (χ2v) is 6.82. The Morgan fingerprint density at radius 1 is 1.44 bits per heavy atom. The zero-order valence-corrected chi connectivity index (χ0v) is 12.0. The third-order valence-electron chi connectivity index (χ3n) is 3.85. The molecule has 1 aromatic carbocycles. The van der Waals surface area contributed by atoms with Gasteiger partial charge in [0.05, 0.1) is 27.4 Å². The molecule has 0 saturated heterocycles. The molecule has 2 aromatic rings. The van der Waals surface area contributed by atoms with E-state index in [0.717, 1.165) is 16.5 Å². The van der Waals surface area contributed by atoms with Gasteiger partial charge in [0.15, 0.2) is 0 Å². The van der Waals surface area contributed by atoms with E-state index in [1.807, 2.05) is 43.9 Å². The predicted molar refractivity (Wildman–Crippen MR) is 75.5 cm³/mol. The summed E-state index contributed by atoms with van der Waals surface area (Å²) in [5, 5.41) is 11.0. The van der Waals surface area contributed by atoms with Gasteiger partial charge in [0, 0.05) is 12.4 Å². The summed E-state index contributed by atoms with van der Waals surface area (Å²) in [5.41, 5.74) is 2.22. The Balaban J connectivity index is 2.58. The second-order valence-electron chi connectivity index (χ2n) is 5.17. The molecule has 0 aliphatic rings. The van der Waals surface area contributed by atoms with Crippen molar-refractivity contribution in [3.05, 3.63) is 30.0 Å². The maximum absolute atomic E-state index is 11.7. The molecule has 0 amide bonds. The fourth-order valence-electron chi connectivity index (χ4n) is 2.13. The molecule has 0 spiro atoms. The van der Waals surface area contributed by atoms with Crippen LogP contribution in [0, 0.1) is 0 Å². The van der Waals surface area contributed by atoms with Crippen molar-refractivity contribution in [1.29, 1.82) is 0 Å². The van der Waals surface area contributed by atoms with E-state index >= 15 is 0 Å². The van der Waals surface area contributed by atoms with Crippen molar-refractivity contribution >= 4 is 21.9 Å². The number of fused-ring (bicyclic) bond motifs is 1. The first-order valence-electron chi connectivity index (χ1n) is 5.92. The van der Waals surface area contributed by atoms with Crippen LogP contribution in [0.2, 0.25) is 0 Å². The highest BCUT2D eigenvalue weighted by molar-refractivity contribution is 7.84. The van der Waals surface area contributed by atoms with Crippen molar-refractivity contribution in [3.8, 4) is 0 Å². The normalized spacial score (nSPS) is 15.8. The van der Waals surface area contributed by atoms with E-state index in [0.29, 0.717) is 0 Å². The van der Waals surface area contributed by atoms with Gasteiger partial charge in [-0.05, 0) is 31.4 Å². The summed E-state index contributed by atoms with van der Waals surface area (Å²) in [6.07, 6.45) is 1.86. The highest BCUT2D eigenvalue weighted by atomic mass is 32.2. The summed E-state index contributed by atoms with van der Waals surface area (Å²) in [7, 11) is 0.550. The number of aromatic nitrogens is 2. The van der Waals surface area contributed by atoms with Crippen LogP contribution in [0.1, 0.15) is 32.3 Å². The lowest BCUT2D eigenvalue weighted by atomic mass is 9.87. The lowest BCUT2D eigenvalue weighted by molar-refractivity contribution is 0.555. The van der Waals surface area contributed by atoms with Gasteiger partial charge >= 0.3 is 0 Å². The molecule has 0 saturated carbocycles. The topological polar surface area (TPSA) is 60.9 Å². The molecule has 5 heteroatoms. The second kappa shape index (κ2) is 4.48. The molecule has 0 aliphatic carbocycles. The van der Waals surface area contributed by atoms with Crippen molar-refractivity contribution in [2.75, 3.05) is 0 Å². The van der Waals surface area contributed by atoms with Crippen molar-refractivity contribution in [1.82, 2.24) is 9.78 Å². The molecule has 98 valence electrons. The SMILES string of the molecule is CC(c1cccc2c1cnn2C)C(C)(C)S(N)=O. The van der Waals surface area contributed by atoms with Gasteiger partial charge in [-0.3, -0.25) is 9.82 Å². The number of rotatable bonds is 3. The van der Waals surface area contributed by atoms with Gasteiger partial charge in [0.2, 0.25) is 0 Å². The van der Waals surface area contributed by atoms with Gasteiger partial charge in [0.1, 0.15) is 0 Å². The number of benzene rings is 1. The summed E-state index contributed by atoms with van der Waals surface area (Å²) in [5.74, 6) is 0.0937. The molecule has 18 heavy (non-hydrogen) atoms. The summed E-state index contributed by atoms with van der Waals surface area (Å²) in [6, 6.07) is 6.10. The van der Waals surface area contributed by atoms with E-state index in [1.54, 1.807) is 0 Å². The summed E-state index contributed by atoms with van der Waals surface area (Å²) >= 11 is 0. The molecule has 2 unspecified atom stereocenters. The van der Waals surface area contributed by atoms with Gasteiger partial charge in [-0.1, -0.05) is 19.1 Å². The van der Waals surface area contributed by atoms with E-state index in [4.69, 9.17) is 5.14 Å². The van der Waals surface area contributed by atoms with Gasteiger partial charge < -0.3 is 0 Å². The molecule has 2 N–H and O–H groups in total. The first kappa shape index (κ1) is 13.2. The van der Waals surface area contributed by atoms with Crippen LogP contribution in [0.15, 0.2) is 24.4 Å². The number of nitrogens with two attached hydrogens (primary N) is 1. The van der Waals surface area contributed by atoms with Gasteiger partial charge in [-0.25, -0.2) is 4.21 Å². The monoisotopic (exact) mass is 265 g/mol. The molecule has 1 aromatic heterocycles. The third-order valence-corrected chi connectivity index (χ3v) is 5.24. The molecule has 0 fully saturated rings. The van der Waals surface area contributed by atoms with Gasteiger partial charge in [-0.15, -0.1) is 0 Å². The Labute approximate surface area is 110 Å². The van der Waals surface area contributed by atoms with Crippen molar-refractivity contribution in [2.24, 2.45) is 12.2 Å². The average molecular weight is 265 g/mol. The summed E-state index contributed by atoms with van der Waals surface area (Å²) < 4.78 is 13.1. The Morgan fingerprint density at radius 2 is 2.11 bits per heavy atom. The number of nitrogens with zero attached hydrogens (tertiary/aromatic N) is 2. The molecule has 0 bridgehead atoms. The molecule has 0 radical (unpaired) electrons. The molecular formula is C13H19N3OS. The first-order valence-corrected chi connectivity index (χ1v) is 7.14. The minimum absolute atomic E-state index is 0.0937. The van der Waals surface area contributed by atoms with E-state index in [1.165, 1.54) is 0 Å². The van der Waals surface area contributed by atoms with Crippen LogP contribution >= 0.6 is 0 Å². The maximum atomic E-state index is 11.7. The quantitative estimate of drug-likeness (QED) is 0.923. The zero-order valence-electron chi connectivity index (χ0n) is 11.2. The van der Waals surface area contributed by atoms with Crippen LogP contribution in [0.25, 0.3) is 10.9 Å². The van der Waals surface area contributed by atoms with Crippen molar-refractivity contribution < 1.29 is 4.21 Å². The lowest BCUT2D eigenvalue weighted by Gasteiger charge is -2.29. The largest absolute Gasteiger partial charge is 0.268 e. The third kappa shape index (κ3) is 1.97. The summed E-state index contributed by atoms with van der Waals surface area (Å²) in [4.78, 5) is 0. The molecule has 4 nitrogen and oxygen atoms in total. The number of hydrogen-bond donors (Lipinski definition) is 1. The van der Waals surface area contributed by atoms with Crippen LogP contribution in [0.4, 0.5) is 0 Å². The fraction of sp³-hybridized carbons (Fsp3) is 0.462. The fourth-order valence-corrected chi connectivity index (χ4v) is 2.60. The molecule has 1 heterocycles. The van der Waals surface area contributed by atoms with Crippen molar-refractivity contribution in [2.45, 2.75) is 31.4 Å². The maximum Gasteiger partial charge on any atom is 0.0951 e. The minimum atomic E-state index is -1.37. The minimum Gasteiger partial charge on any atom is -0.268 e.